The van der Waals surface area contributed by atoms with Crippen LogP contribution in [0.4, 0.5) is 5.82 Å². The lowest BCUT2D eigenvalue weighted by atomic mass is 10.1. The summed E-state index contributed by atoms with van der Waals surface area (Å²) in [6.07, 6.45) is 4.11. The second-order valence-electron chi connectivity index (χ2n) is 5.18. The number of anilines is 1. The quantitative estimate of drug-likeness (QED) is 0.726. The molecule has 0 saturated heterocycles. The first-order chi connectivity index (χ1) is 11.3. The van der Waals surface area contributed by atoms with Crippen LogP contribution in [0.3, 0.4) is 0 Å². The molecular weight excluding hydrogens is 308 g/mol. The predicted octanol–water partition coefficient (Wildman–Crippen LogP) is 3.44. The Bertz CT molecular complexity index is 747. The molecule has 0 fully saturated rings. The van der Waals surface area contributed by atoms with Gasteiger partial charge in [0.05, 0.1) is 6.04 Å². The number of hydrogen-bond donors (Lipinski definition) is 2. The third-order valence-electron chi connectivity index (χ3n) is 3.40. The van der Waals surface area contributed by atoms with Gasteiger partial charge in [-0.2, -0.15) is 0 Å². The maximum atomic E-state index is 9.32. The first-order valence-corrected chi connectivity index (χ1v) is 8.31. The lowest BCUT2D eigenvalue weighted by Crippen LogP contribution is -2.13. The van der Waals surface area contributed by atoms with Crippen molar-refractivity contribution in [2.75, 3.05) is 11.9 Å². The molecule has 0 amide bonds. The van der Waals surface area contributed by atoms with Gasteiger partial charge in [0, 0.05) is 41.2 Å². The lowest BCUT2D eigenvalue weighted by molar-refractivity contribution is 0.280. The minimum atomic E-state index is 0.0380. The summed E-state index contributed by atoms with van der Waals surface area (Å²) in [5.74, 6) is 1.40. The number of thiophene rings is 1. The van der Waals surface area contributed by atoms with Crippen LogP contribution in [0.25, 0.3) is 11.4 Å². The van der Waals surface area contributed by atoms with Gasteiger partial charge in [-0.3, -0.25) is 4.98 Å². The summed E-state index contributed by atoms with van der Waals surface area (Å²) in [5.41, 5.74) is 1.77. The highest BCUT2D eigenvalue weighted by molar-refractivity contribution is 7.10. The van der Waals surface area contributed by atoms with Gasteiger partial charge in [-0.05, 0) is 36.9 Å². The molecule has 0 aliphatic carbocycles. The Hall–Kier alpha value is -2.31. The molecule has 3 aromatic heterocycles. The molecular formula is C17H18N4OS. The molecule has 0 aromatic carbocycles. The van der Waals surface area contributed by atoms with Gasteiger partial charge in [0.25, 0.3) is 0 Å². The first-order valence-electron chi connectivity index (χ1n) is 7.43. The minimum absolute atomic E-state index is 0.0380. The number of aromatic nitrogens is 3. The Morgan fingerprint density at radius 1 is 1.26 bits per heavy atom. The molecule has 1 atom stereocenters. The standard InChI is InChI=1S/C17H18N4OS/c1-12-10-16(20-14(6-8-22)15-5-3-9-23-15)21-17(19-12)13-4-2-7-18-11-13/h2-5,7,9-11,14,22H,6,8H2,1H3,(H,19,20,21). The maximum Gasteiger partial charge on any atom is 0.163 e. The van der Waals surface area contributed by atoms with Gasteiger partial charge in [0.2, 0.25) is 0 Å². The molecule has 0 bridgehead atoms. The molecule has 1 unspecified atom stereocenters. The molecule has 5 nitrogen and oxygen atoms in total. The van der Waals surface area contributed by atoms with Crippen LogP contribution >= 0.6 is 11.3 Å². The van der Waals surface area contributed by atoms with Gasteiger partial charge >= 0.3 is 0 Å². The van der Waals surface area contributed by atoms with E-state index < -0.39 is 0 Å². The van der Waals surface area contributed by atoms with Crippen molar-refractivity contribution < 1.29 is 5.11 Å². The van der Waals surface area contributed by atoms with Crippen molar-refractivity contribution in [1.29, 1.82) is 0 Å². The van der Waals surface area contributed by atoms with Gasteiger partial charge in [-0.25, -0.2) is 9.97 Å². The Morgan fingerprint density at radius 3 is 2.87 bits per heavy atom. The molecule has 2 N–H and O–H groups in total. The van der Waals surface area contributed by atoms with Crippen LogP contribution in [0.15, 0.2) is 48.1 Å². The van der Waals surface area contributed by atoms with E-state index in [1.54, 1.807) is 23.7 Å². The van der Waals surface area contributed by atoms with Gasteiger partial charge in [0.15, 0.2) is 5.82 Å². The average molecular weight is 326 g/mol. The van der Waals surface area contributed by atoms with Crippen LogP contribution in [0, 0.1) is 6.92 Å². The Labute approximate surface area is 139 Å². The largest absolute Gasteiger partial charge is 0.396 e. The van der Waals surface area contributed by atoms with E-state index in [4.69, 9.17) is 0 Å². The summed E-state index contributed by atoms with van der Waals surface area (Å²) in [6.45, 7) is 2.06. The van der Waals surface area contributed by atoms with Gasteiger partial charge in [-0.1, -0.05) is 6.07 Å². The van der Waals surface area contributed by atoms with Crippen LogP contribution in [0.5, 0.6) is 0 Å². The van der Waals surface area contributed by atoms with Crippen LogP contribution < -0.4 is 5.32 Å². The monoisotopic (exact) mass is 326 g/mol. The Morgan fingerprint density at radius 2 is 2.17 bits per heavy atom. The van der Waals surface area contributed by atoms with Crippen molar-refractivity contribution >= 4 is 17.2 Å². The summed E-state index contributed by atoms with van der Waals surface area (Å²) < 4.78 is 0. The zero-order valence-electron chi connectivity index (χ0n) is 12.8. The van der Waals surface area contributed by atoms with Crippen molar-refractivity contribution in [3.63, 3.8) is 0 Å². The van der Waals surface area contributed by atoms with Crippen molar-refractivity contribution in [1.82, 2.24) is 15.0 Å². The molecule has 0 aliphatic heterocycles. The fraction of sp³-hybridized carbons (Fsp3) is 0.235. The number of rotatable bonds is 6. The average Bonchev–Trinajstić information content (AvgIpc) is 3.09. The van der Waals surface area contributed by atoms with E-state index >= 15 is 0 Å². The van der Waals surface area contributed by atoms with Crippen molar-refractivity contribution in [2.24, 2.45) is 0 Å². The normalized spacial score (nSPS) is 12.1. The van der Waals surface area contributed by atoms with Crippen molar-refractivity contribution in [3.05, 3.63) is 58.7 Å². The molecule has 0 spiro atoms. The maximum absolute atomic E-state index is 9.32. The zero-order valence-corrected chi connectivity index (χ0v) is 13.6. The Balaban J connectivity index is 1.89. The molecule has 3 rings (SSSR count). The predicted molar refractivity (Wildman–Crippen MR) is 92.4 cm³/mol. The molecule has 23 heavy (non-hydrogen) atoms. The lowest BCUT2D eigenvalue weighted by Gasteiger charge is -2.17. The van der Waals surface area contributed by atoms with E-state index in [1.165, 1.54) is 4.88 Å². The van der Waals surface area contributed by atoms with Crippen LogP contribution in [-0.2, 0) is 0 Å². The smallest absolute Gasteiger partial charge is 0.163 e. The van der Waals surface area contributed by atoms with E-state index in [0.29, 0.717) is 12.2 Å². The van der Waals surface area contributed by atoms with Crippen molar-refractivity contribution in [3.8, 4) is 11.4 Å². The first kappa shape index (κ1) is 15.6. The molecule has 118 valence electrons. The number of nitrogens with one attached hydrogen (secondary N) is 1. The van der Waals surface area contributed by atoms with E-state index in [9.17, 15) is 5.11 Å². The summed E-state index contributed by atoms with van der Waals surface area (Å²) >= 11 is 1.67. The second-order valence-corrected chi connectivity index (χ2v) is 6.16. The number of aliphatic hydroxyl groups is 1. The van der Waals surface area contributed by atoms with E-state index in [1.807, 2.05) is 36.6 Å². The highest BCUT2D eigenvalue weighted by atomic mass is 32.1. The van der Waals surface area contributed by atoms with Gasteiger partial charge in [-0.15, -0.1) is 11.3 Å². The zero-order chi connectivity index (χ0) is 16.1. The summed E-state index contributed by atoms with van der Waals surface area (Å²) in [5, 5.41) is 14.8. The van der Waals surface area contributed by atoms with E-state index in [2.05, 4.69) is 26.3 Å². The third kappa shape index (κ3) is 3.91. The molecule has 3 heterocycles. The van der Waals surface area contributed by atoms with Crippen LogP contribution in [-0.4, -0.2) is 26.7 Å². The van der Waals surface area contributed by atoms with Crippen LogP contribution in [0.2, 0.25) is 0 Å². The van der Waals surface area contributed by atoms with Crippen LogP contribution in [0.1, 0.15) is 23.0 Å². The SMILES string of the molecule is Cc1cc(NC(CCO)c2cccs2)nc(-c2cccnc2)n1. The highest BCUT2D eigenvalue weighted by Crippen LogP contribution is 2.26. The molecule has 3 aromatic rings. The minimum Gasteiger partial charge on any atom is -0.396 e. The molecule has 0 radical (unpaired) electrons. The Kier molecular flexibility index (Phi) is 4.95. The number of aliphatic hydroxyl groups excluding tert-OH is 1. The number of pyridine rings is 1. The van der Waals surface area contributed by atoms with E-state index in [-0.39, 0.29) is 12.6 Å². The second kappa shape index (κ2) is 7.30. The number of aryl methyl sites for hydroxylation is 1. The summed E-state index contributed by atoms with van der Waals surface area (Å²) in [6, 6.07) is 9.84. The van der Waals surface area contributed by atoms with Gasteiger partial charge < -0.3 is 10.4 Å². The fourth-order valence-electron chi connectivity index (χ4n) is 2.35. The fourth-order valence-corrected chi connectivity index (χ4v) is 3.16. The topological polar surface area (TPSA) is 70.9 Å². The van der Waals surface area contributed by atoms with Crippen molar-refractivity contribution in [2.45, 2.75) is 19.4 Å². The molecule has 6 heteroatoms. The summed E-state index contributed by atoms with van der Waals surface area (Å²) in [7, 11) is 0. The van der Waals surface area contributed by atoms with Gasteiger partial charge in [0.1, 0.15) is 5.82 Å². The number of nitrogens with zero attached hydrogens (tertiary/aromatic N) is 3. The molecule has 0 saturated carbocycles. The third-order valence-corrected chi connectivity index (χ3v) is 4.39. The highest BCUT2D eigenvalue weighted by Gasteiger charge is 2.14. The number of hydrogen-bond acceptors (Lipinski definition) is 6. The summed E-state index contributed by atoms with van der Waals surface area (Å²) in [4.78, 5) is 14.4. The molecule has 0 aliphatic rings. The van der Waals surface area contributed by atoms with E-state index in [0.717, 1.165) is 17.1 Å².